The molecular weight excluding hydrogens is 292 g/mol. The second-order valence-electron chi connectivity index (χ2n) is 4.28. The molecule has 0 heterocycles. The number of rotatable bonds is 5. The number of halogens is 1. The largest absolute Gasteiger partial charge is 0.354 e. The molecule has 0 aliphatic rings. The van der Waals surface area contributed by atoms with Crippen molar-refractivity contribution in [2.45, 2.75) is 38.6 Å². The molecule has 18 heavy (non-hydrogen) atoms. The SMILES string of the molecule is CCC(C)NC(=O)CC(C#N)c1ccccc1Br. The first-order valence-electron chi connectivity index (χ1n) is 6.01. The molecule has 0 aliphatic heterocycles. The van der Waals surface area contributed by atoms with Crippen molar-refractivity contribution in [3.8, 4) is 6.07 Å². The number of benzene rings is 1. The Bertz CT molecular complexity index is 453. The van der Waals surface area contributed by atoms with Gasteiger partial charge in [-0.25, -0.2) is 0 Å². The van der Waals surface area contributed by atoms with Crippen LogP contribution >= 0.6 is 15.9 Å². The highest BCUT2D eigenvalue weighted by Gasteiger charge is 2.18. The maximum Gasteiger partial charge on any atom is 0.221 e. The molecule has 1 N–H and O–H groups in total. The molecule has 2 atom stereocenters. The quantitative estimate of drug-likeness (QED) is 0.906. The summed E-state index contributed by atoms with van der Waals surface area (Å²) in [5.41, 5.74) is 0.860. The molecule has 0 spiro atoms. The molecule has 3 nitrogen and oxygen atoms in total. The second kappa shape index (κ2) is 7.17. The van der Waals surface area contributed by atoms with Gasteiger partial charge in [-0.05, 0) is 25.0 Å². The molecule has 0 saturated carbocycles. The van der Waals surface area contributed by atoms with Crippen molar-refractivity contribution in [3.63, 3.8) is 0 Å². The minimum absolute atomic E-state index is 0.0772. The van der Waals surface area contributed by atoms with Gasteiger partial charge in [-0.15, -0.1) is 0 Å². The molecule has 96 valence electrons. The summed E-state index contributed by atoms with van der Waals surface area (Å²) in [7, 11) is 0. The molecule has 0 fully saturated rings. The van der Waals surface area contributed by atoms with E-state index in [2.05, 4.69) is 27.3 Å². The van der Waals surface area contributed by atoms with Crippen LogP contribution in [0.2, 0.25) is 0 Å². The van der Waals surface area contributed by atoms with E-state index in [9.17, 15) is 10.1 Å². The smallest absolute Gasteiger partial charge is 0.221 e. The van der Waals surface area contributed by atoms with Gasteiger partial charge in [0.2, 0.25) is 5.91 Å². The molecule has 0 radical (unpaired) electrons. The van der Waals surface area contributed by atoms with Gasteiger partial charge in [-0.1, -0.05) is 41.1 Å². The lowest BCUT2D eigenvalue weighted by Crippen LogP contribution is -2.32. The number of nitrogens with one attached hydrogen (secondary N) is 1. The fourth-order valence-electron chi connectivity index (χ4n) is 1.60. The van der Waals surface area contributed by atoms with Crippen LogP contribution in [0.15, 0.2) is 28.7 Å². The van der Waals surface area contributed by atoms with Crippen molar-refractivity contribution in [2.24, 2.45) is 0 Å². The maximum absolute atomic E-state index is 11.8. The zero-order chi connectivity index (χ0) is 13.5. The van der Waals surface area contributed by atoms with Gasteiger partial charge in [0.15, 0.2) is 0 Å². The number of carbonyl (C=O) groups excluding carboxylic acids is 1. The molecule has 1 aromatic rings. The summed E-state index contributed by atoms with van der Waals surface area (Å²) >= 11 is 3.41. The van der Waals surface area contributed by atoms with E-state index in [0.717, 1.165) is 16.5 Å². The third-order valence-corrected chi connectivity index (χ3v) is 3.57. The first-order chi connectivity index (χ1) is 8.58. The van der Waals surface area contributed by atoms with E-state index < -0.39 is 5.92 Å². The van der Waals surface area contributed by atoms with E-state index in [1.165, 1.54) is 0 Å². The van der Waals surface area contributed by atoms with Crippen LogP contribution < -0.4 is 5.32 Å². The highest BCUT2D eigenvalue weighted by molar-refractivity contribution is 9.10. The molecule has 1 aromatic carbocycles. The van der Waals surface area contributed by atoms with Crippen molar-refractivity contribution in [1.29, 1.82) is 5.26 Å². The lowest BCUT2D eigenvalue weighted by atomic mass is 9.97. The van der Waals surface area contributed by atoms with Crippen molar-refractivity contribution in [2.75, 3.05) is 0 Å². The van der Waals surface area contributed by atoms with Gasteiger partial charge in [-0.2, -0.15) is 5.26 Å². The molecule has 2 unspecified atom stereocenters. The van der Waals surface area contributed by atoms with Crippen molar-refractivity contribution in [3.05, 3.63) is 34.3 Å². The number of carbonyl (C=O) groups is 1. The standard InChI is InChI=1S/C14H17BrN2O/c1-3-10(2)17-14(18)8-11(9-16)12-6-4-5-7-13(12)15/h4-7,10-11H,3,8H2,1-2H3,(H,17,18). The van der Waals surface area contributed by atoms with Gasteiger partial charge in [0, 0.05) is 16.9 Å². The summed E-state index contributed by atoms with van der Waals surface area (Å²) < 4.78 is 0.868. The number of nitrogens with zero attached hydrogens (tertiary/aromatic N) is 1. The Kier molecular flexibility index (Phi) is 5.87. The van der Waals surface area contributed by atoms with E-state index in [1.54, 1.807) is 0 Å². The van der Waals surface area contributed by atoms with Crippen LogP contribution in [-0.4, -0.2) is 11.9 Å². The lowest BCUT2D eigenvalue weighted by Gasteiger charge is -2.14. The van der Waals surface area contributed by atoms with E-state index in [0.29, 0.717) is 0 Å². The summed E-state index contributed by atoms with van der Waals surface area (Å²) in [6.07, 6.45) is 1.08. The molecular formula is C14H17BrN2O. The Morgan fingerprint density at radius 3 is 2.72 bits per heavy atom. The van der Waals surface area contributed by atoms with Crippen molar-refractivity contribution in [1.82, 2.24) is 5.32 Å². The van der Waals surface area contributed by atoms with E-state index in [-0.39, 0.29) is 18.4 Å². The van der Waals surface area contributed by atoms with Crippen LogP contribution in [0, 0.1) is 11.3 Å². The predicted molar refractivity (Wildman–Crippen MR) is 75.0 cm³/mol. The monoisotopic (exact) mass is 308 g/mol. The molecule has 4 heteroatoms. The number of hydrogen-bond donors (Lipinski definition) is 1. The molecule has 1 rings (SSSR count). The fraction of sp³-hybridized carbons (Fsp3) is 0.429. The summed E-state index contributed by atoms with van der Waals surface area (Å²) in [6, 6.07) is 9.85. The van der Waals surface area contributed by atoms with E-state index in [1.807, 2.05) is 38.1 Å². The average Bonchev–Trinajstić information content (AvgIpc) is 2.36. The van der Waals surface area contributed by atoms with E-state index in [4.69, 9.17) is 0 Å². The number of nitriles is 1. The van der Waals surface area contributed by atoms with Crippen LogP contribution in [0.5, 0.6) is 0 Å². The first kappa shape index (κ1) is 14.7. The van der Waals surface area contributed by atoms with Crippen molar-refractivity contribution >= 4 is 21.8 Å². The topological polar surface area (TPSA) is 52.9 Å². The Hall–Kier alpha value is -1.34. The van der Waals surface area contributed by atoms with Crippen LogP contribution in [-0.2, 0) is 4.79 Å². The summed E-state index contributed by atoms with van der Waals surface area (Å²) in [5, 5.41) is 12.1. The minimum Gasteiger partial charge on any atom is -0.354 e. The molecule has 0 aliphatic carbocycles. The zero-order valence-corrected chi connectivity index (χ0v) is 12.2. The summed E-state index contributed by atoms with van der Waals surface area (Å²) in [4.78, 5) is 11.8. The number of amides is 1. The normalized spacial score (nSPS) is 13.4. The minimum atomic E-state index is -0.412. The highest BCUT2D eigenvalue weighted by Crippen LogP contribution is 2.26. The molecule has 0 saturated heterocycles. The maximum atomic E-state index is 11.8. The number of hydrogen-bond acceptors (Lipinski definition) is 2. The van der Waals surface area contributed by atoms with Crippen LogP contribution in [0.4, 0.5) is 0 Å². The van der Waals surface area contributed by atoms with Gasteiger partial charge in [-0.3, -0.25) is 4.79 Å². The molecule has 0 bridgehead atoms. The van der Waals surface area contributed by atoms with Gasteiger partial charge < -0.3 is 5.32 Å². The first-order valence-corrected chi connectivity index (χ1v) is 6.81. The van der Waals surface area contributed by atoms with Crippen molar-refractivity contribution < 1.29 is 4.79 Å². The van der Waals surface area contributed by atoms with E-state index >= 15 is 0 Å². The molecule has 0 aromatic heterocycles. The third-order valence-electron chi connectivity index (χ3n) is 2.85. The highest BCUT2D eigenvalue weighted by atomic mass is 79.9. The Morgan fingerprint density at radius 2 is 2.17 bits per heavy atom. The Labute approximate surface area is 116 Å². The average molecular weight is 309 g/mol. The second-order valence-corrected chi connectivity index (χ2v) is 5.14. The van der Waals surface area contributed by atoms with Crippen LogP contribution in [0.1, 0.15) is 38.2 Å². The van der Waals surface area contributed by atoms with Gasteiger partial charge in [0.1, 0.15) is 0 Å². The van der Waals surface area contributed by atoms with Crippen LogP contribution in [0.25, 0.3) is 0 Å². The molecule has 1 amide bonds. The zero-order valence-electron chi connectivity index (χ0n) is 10.6. The summed E-state index contributed by atoms with van der Waals surface area (Å²) in [5.74, 6) is -0.490. The van der Waals surface area contributed by atoms with Crippen LogP contribution in [0.3, 0.4) is 0 Å². The fourth-order valence-corrected chi connectivity index (χ4v) is 2.17. The summed E-state index contributed by atoms with van der Waals surface area (Å²) in [6.45, 7) is 3.97. The third kappa shape index (κ3) is 4.15. The Balaban J connectivity index is 2.72. The predicted octanol–water partition coefficient (Wildman–Crippen LogP) is 3.36. The van der Waals surface area contributed by atoms with Gasteiger partial charge in [0.25, 0.3) is 0 Å². The Morgan fingerprint density at radius 1 is 1.50 bits per heavy atom. The van der Waals surface area contributed by atoms with Gasteiger partial charge in [0.05, 0.1) is 12.0 Å². The van der Waals surface area contributed by atoms with Gasteiger partial charge >= 0.3 is 0 Å². The lowest BCUT2D eigenvalue weighted by molar-refractivity contribution is -0.121.